The van der Waals surface area contributed by atoms with Crippen LogP contribution in [-0.2, 0) is 0 Å². The molecular weight excluding hydrogens is 801 g/mol. The van der Waals surface area contributed by atoms with Crippen LogP contribution in [0.25, 0.3) is 139 Å². The maximum absolute atomic E-state index is 6.78. The van der Waals surface area contributed by atoms with Crippen LogP contribution in [0.5, 0.6) is 0 Å². The van der Waals surface area contributed by atoms with E-state index in [2.05, 4.69) is 206 Å². The maximum Gasteiger partial charge on any atom is 0.143 e. The number of benzene rings is 11. The van der Waals surface area contributed by atoms with Crippen LogP contribution in [0.2, 0.25) is 0 Å². The van der Waals surface area contributed by atoms with Crippen LogP contribution in [0.4, 0.5) is 0 Å². The highest BCUT2D eigenvalue weighted by Gasteiger charge is 2.27. The normalized spacial score (nSPS) is 12.1. The van der Waals surface area contributed by atoms with E-state index in [4.69, 9.17) is 4.42 Å². The van der Waals surface area contributed by atoms with Crippen LogP contribution in [-0.4, -0.2) is 0 Å². The molecule has 0 aliphatic rings. The summed E-state index contributed by atoms with van der Waals surface area (Å²) < 4.78 is 10.7. The Labute approximate surface area is 370 Å². The Kier molecular flexibility index (Phi) is 7.50. The molecule has 0 atom stereocenters. The third-order valence-corrected chi connectivity index (χ3v) is 15.7. The van der Waals surface area contributed by atoms with E-state index in [-0.39, 0.29) is 0 Å². The fraction of sp³-hybridized carbons (Fsp3) is 0. The van der Waals surface area contributed by atoms with E-state index in [9.17, 15) is 0 Å². The number of furan rings is 1. The van der Waals surface area contributed by atoms with Crippen LogP contribution >= 0.6 is 22.7 Å². The quantitative estimate of drug-likeness (QED) is 0.161. The van der Waals surface area contributed by atoms with E-state index in [1.165, 1.54) is 112 Å². The second kappa shape index (κ2) is 13.5. The Balaban J connectivity index is 1.15. The van der Waals surface area contributed by atoms with Crippen LogP contribution in [0.15, 0.2) is 211 Å². The Morgan fingerprint density at radius 2 is 0.937 bits per heavy atom. The van der Waals surface area contributed by atoms with Crippen molar-refractivity contribution >= 4 is 118 Å². The van der Waals surface area contributed by atoms with Gasteiger partial charge in [-0.2, -0.15) is 0 Å². The molecule has 63 heavy (non-hydrogen) atoms. The summed E-state index contributed by atoms with van der Waals surface area (Å²) >= 11 is 3.87. The molecule has 0 fully saturated rings. The molecule has 1 nitrogen and oxygen atoms in total. The fourth-order valence-corrected chi connectivity index (χ4v) is 13.2. The zero-order valence-electron chi connectivity index (χ0n) is 33.9. The Morgan fingerprint density at radius 1 is 0.317 bits per heavy atom. The predicted molar refractivity (Wildman–Crippen MR) is 274 cm³/mol. The van der Waals surface area contributed by atoms with E-state index in [1.807, 2.05) is 22.7 Å². The van der Waals surface area contributed by atoms with Crippen LogP contribution < -0.4 is 0 Å². The average Bonchev–Trinajstić information content (AvgIpc) is 4.05. The number of fused-ring (bicyclic) bond motifs is 12. The smallest absolute Gasteiger partial charge is 0.143 e. The lowest BCUT2D eigenvalue weighted by Crippen LogP contribution is -1.92. The van der Waals surface area contributed by atoms with Gasteiger partial charge in [0.25, 0.3) is 0 Å². The minimum atomic E-state index is 0.904. The molecule has 0 N–H and O–H groups in total. The molecule has 3 heteroatoms. The topological polar surface area (TPSA) is 13.1 Å². The minimum absolute atomic E-state index is 0.904. The van der Waals surface area contributed by atoms with Crippen molar-refractivity contribution in [1.29, 1.82) is 0 Å². The molecule has 0 unspecified atom stereocenters. The summed E-state index contributed by atoms with van der Waals surface area (Å²) in [5, 5.41) is 16.0. The van der Waals surface area contributed by atoms with Crippen molar-refractivity contribution in [3.05, 3.63) is 206 Å². The fourth-order valence-electron chi connectivity index (χ4n) is 10.5. The third kappa shape index (κ3) is 5.09. The van der Waals surface area contributed by atoms with Gasteiger partial charge in [-0.1, -0.05) is 176 Å². The molecule has 0 saturated carbocycles. The molecule has 0 amide bonds. The molecule has 0 saturated heterocycles. The number of rotatable bonds is 4. The largest absolute Gasteiger partial charge is 0.455 e. The zero-order valence-corrected chi connectivity index (χ0v) is 35.5. The van der Waals surface area contributed by atoms with E-state index in [1.54, 1.807) is 0 Å². The molecule has 14 rings (SSSR count). The Hall–Kier alpha value is -7.56. The molecule has 3 heterocycles. The van der Waals surface area contributed by atoms with E-state index < -0.39 is 0 Å². The Morgan fingerprint density at radius 3 is 1.71 bits per heavy atom. The molecule has 11 aromatic carbocycles. The predicted octanol–water partition coefficient (Wildman–Crippen LogP) is 18.4. The van der Waals surface area contributed by atoms with Crippen molar-refractivity contribution in [3.8, 4) is 43.8 Å². The van der Waals surface area contributed by atoms with Crippen LogP contribution in [0.3, 0.4) is 0 Å². The highest BCUT2D eigenvalue weighted by atomic mass is 32.1. The summed E-state index contributed by atoms with van der Waals surface area (Å²) in [4.78, 5) is 1.29. The molecule has 3 aromatic heterocycles. The first-order chi connectivity index (χ1) is 31.3. The molecule has 0 radical (unpaired) electrons. The first-order valence-corrected chi connectivity index (χ1v) is 23.1. The molecular formula is C60H34OS2. The summed E-state index contributed by atoms with van der Waals surface area (Å²) in [6.45, 7) is 0. The van der Waals surface area contributed by atoms with E-state index >= 15 is 0 Å². The van der Waals surface area contributed by atoms with Gasteiger partial charge in [0.15, 0.2) is 0 Å². The molecule has 14 aromatic rings. The van der Waals surface area contributed by atoms with Gasteiger partial charge >= 0.3 is 0 Å². The lowest BCUT2D eigenvalue weighted by Gasteiger charge is -2.19. The summed E-state index contributed by atoms with van der Waals surface area (Å²) in [6, 6.07) is 76.0. The van der Waals surface area contributed by atoms with Crippen molar-refractivity contribution in [2.75, 3.05) is 0 Å². The van der Waals surface area contributed by atoms with Crippen molar-refractivity contribution in [2.45, 2.75) is 0 Å². The summed E-state index contributed by atoms with van der Waals surface area (Å²) in [7, 11) is 0. The summed E-state index contributed by atoms with van der Waals surface area (Å²) in [5.74, 6) is 0. The van der Waals surface area contributed by atoms with Gasteiger partial charge in [-0.05, 0) is 90.3 Å². The Bertz CT molecular complexity index is 4150. The van der Waals surface area contributed by atoms with Gasteiger partial charge in [0.1, 0.15) is 11.2 Å². The molecule has 0 aliphatic heterocycles. The standard InChI is InChI=1S/C60H34OS2/c1-2-17-37(18-3-1)52-49-34-48-41-21-12-13-28-51(41)62-59(48)56(60(49)63-58(52)39-30-29-35-15-4-5-19-38(35)33-39)55-44-24-10-8-22-42(44)53(43-23-9-11-25-45(43)55)46-26-14-27-50-54(46)47-32-31-36-16-6-7-20-40(36)57(47)61-50/h1-34H. The number of hydrogen-bond acceptors (Lipinski definition) is 3. The van der Waals surface area contributed by atoms with Crippen LogP contribution in [0, 0.1) is 0 Å². The second-order valence-corrected chi connectivity index (χ2v) is 18.7. The van der Waals surface area contributed by atoms with Crippen LogP contribution in [0.1, 0.15) is 0 Å². The second-order valence-electron chi connectivity index (χ2n) is 16.6. The third-order valence-electron chi connectivity index (χ3n) is 13.2. The summed E-state index contributed by atoms with van der Waals surface area (Å²) in [6.07, 6.45) is 0. The maximum atomic E-state index is 6.78. The first-order valence-electron chi connectivity index (χ1n) is 21.5. The van der Waals surface area contributed by atoms with Gasteiger partial charge in [-0.15, -0.1) is 22.7 Å². The van der Waals surface area contributed by atoms with Gasteiger partial charge < -0.3 is 4.42 Å². The number of thiophene rings is 2. The van der Waals surface area contributed by atoms with Crippen molar-refractivity contribution in [1.82, 2.24) is 0 Å². The SMILES string of the molecule is c1ccc(-c2c(-c3ccc4ccccc4c3)sc3c(-c4c5ccccc5c(-c5cccc6oc7c8ccccc8ccc7c56)c5ccccc45)c4sc5ccccc5c4cc23)cc1. The number of hydrogen-bond donors (Lipinski definition) is 0. The van der Waals surface area contributed by atoms with E-state index in [0.29, 0.717) is 0 Å². The van der Waals surface area contributed by atoms with Gasteiger partial charge in [-0.3, -0.25) is 0 Å². The first kappa shape index (κ1) is 35.1. The van der Waals surface area contributed by atoms with Gasteiger partial charge in [0.05, 0.1) is 0 Å². The van der Waals surface area contributed by atoms with E-state index in [0.717, 1.165) is 27.3 Å². The van der Waals surface area contributed by atoms with Gasteiger partial charge in [0, 0.05) is 68.0 Å². The monoisotopic (exact) mass is 834 g/mol. The highest BCUT2D eigenvalue weighted by Crippen LogP contribution is 2.56. The van der Waals surface area contributed by atoms with Gasteiger partial charge in [-0.25, -0.2) is 0 Å². The molecule has 0 bridgehead atoms. The minimum Gasteiger partial charge on any atom is -0.455 e. The molecule has 0 spiro atoms. The highest BCUT2D eigenvalue weighted by molar-refractivity contribution is 7.28. The van der Waals surface area contributed by atoms with Crippen molar-refractivity contribution in [2.24, 2.45) is 0 Å². The van der Waals surface area contributed by atoms with Crippen molar-refractivity contribution < 1.29 is 4.42 Å². The lowest BCUT2D eigenvalue weighted by atomic mass is 9.84. The lowest BCUT2D eigenvalue weighted by molar-refractivity contribution is 0.673. The molecule has 0 aliphatic carbocycles. The molecule has 292 valence electrons. The van der Waals surface area contributed by atoms with Gasteiger partial charge in [0.2, 0.25) is 0 Å². The van der Waals surface area contributed by atoms with Crippen molar-refractivity contribution in [3.63, 3.8) is 0 Å². The summed E-state index contributed by atoms with van der Waals surface area (Å²) in [5.41, 5.74) is 10.6. The zero-order chi connectivity index (χ0) is 41.2. The average molecular weight is 835 g/mol.